The lowest BCUT2D eigenvalue weighted by Crippen LogP contribution is -1.84. The molecule has 3 aromatic carbocycles. The molecule has 4 heterocycles. The minimum absolute atomic E-state index is 0.990. The second-order valence-electron chi connectivity index (χ2n) is 8.44. The Labute approximate surface area is 184 Å². The molecule has 0 aliphatic rings. The largest absolute Gasteiger partial charge is 0.308 e. The van der Waals surface area contributed by atoms with Crippen LogP contribution in [0.2, 0.25) is 0 Å². The summed E-state index contributed by atoms with van der Waals surface area (Å²) in [4.78, 5) is 9.20. The standard InChI is InChI=1S/C29H19N3/c1-18-8-10-21-23-16-20(26-7-3-5-13-31-26)17-24-22-15-19(25-6-2-4-12-30-25)9-11-27(22)32(29(23)24)28(21)14-18/h2-17H,1H3. The zero-order valence-corrected chi connectivity index (χ0v) is 17.6. The van der Waals surface area contributed by atoms with E-state index in [1.807, 2.05) is 36.7 Å². The van der Waals surface area contributed by atoms with Crippen LogP contribution in [-0.4, -0.2) is 14.4 Å². The highest BCUT2D eigenvalue weighted by molar-refractivity contribution is 6.24. The lowest BCUT2D eigenvalue weighted by atomic mass is 10.0. The minimum atomic E-state index is 0.990. The van der Waals surface area contributed by atoms with E-state index < -0.39 is 0 Å². The Bertz CT molecular complexity index is 1760. The van der Waals surface area contributed by atoms with Crippen LogP contribution in [0.25, 0.3) is 60.6 Å². The Balaban J connectivity index is 1.67. The number of fused-ring (bicyclic) bond motifs is 6. The van der Waals surface area contributed by atoms with Gasteiger partial charge in [-0.2, -0.15) is 0 Å². The number of aromatic nitrogens is 3. The number of aryl methyl sites for hydroxylation is 1. The number of hydrogen-bond donors (Lipinski definition) is 0. The summed E-state index contributed by atoms with van der Waals surface area (Å²) < 4.78 is 2.42. The molecule has 0 saturated heterocycles. The Kier molecular flexibility index (Phi) is 3.48. The predicted molar refractivity (Wildman–Crippen MR) is 132 cm³/mol. The Hall–Kier alpha value is -4.24. The van der Waals surface area contributed by atoms with Gasteiger partial charge in [-0.15, -0.1) is 0 Å². The van der Waals surface area contributed by atoms with Crippen LogP contribution in [0.4, 0.5) is 0 Å². The molecule has 0 spiro atoms. The highest BCUT2D eigenvalue weighted by Crippen LogP contribution is 2.42. The lowest BCUT2D eigenvalue weighted by molar-refractivity contribution is 1.32. The van der Waals surface area contributed by atoms with E-state index in [9.17, 15) is 0 Å². The fourth-order valence-electron chi connectivity index (χ4n) is 5.03. The first-order chi connectivity index (χ1) is 15.8. The number of pyridine rings is 2. The van der Waals surface area contributed by atoms with Crippen LogP contribution in [0.5, 0.6) is 0 Å². The second-order valence-corrected chi connectivity index (χ2v) is 8.44. The van der Waals surface area contributed by atoms with E-state index in [2.05, 4.69) is 82.0 Å². The average molecular weight is 409 g/mol. The second kappa shape index (κ2) is 6.38. The molecule has 0 saturated carbocycles. The average Bonchev–Trinajstić information content (AvgIpc) is 3.35. The fourth-order valence-corrected chi connectivity index (χ4v) is 5.03. The van der Waals surface area contributed by atoms with Gasteiger partial charge in [-0.3, -0.25) is 9.97 Å². The van der Waals surface area contributed by atoms with Crippen molar-refractivity contribution in [2.75, 3.05) is 0 Å². The minimum Gasteiger partial charge on any atom is -0.308 e. The van der Waals surface area contributed by atoms with Gasteiger partial charge in [0, 0.05) is 45.1 Å². The predicted octanol–water partition coefficient (Wildman–Crippen LogP) is 7.27. The van der Waals surface area contributed by atoms with Crippen molar-refractivity contribution in [3.63, 3.8) is 0 Å². The molecule has 0 bridgehead atoms. The summed E-state index contributed by atoms with van der Waals surface area (Å²) in [6.07, 6.45) is 3.71. The Morgan fingerprint density at radius 1 is 0.562 bits per heavy atom. The van der Waals surface area contributed by atoms with Crippen LogP contribution in [0.1, 0.15) is 5.56 Å². The SMILES string of the molecule is Cc1ccc2c3cc(-c4ccccn4)cc4c5cc(-c6ccccn6)ccc5n(c2c1)c43. The van der Waals surface area contributed by atoms with Crippen molar-refractivity contribution in [2.45, 2.75) is 6.92 Å². The molecule has 0 atom stereocenters. The van der Waals surface area contributed by atoms with E-state index in [1.54, 1.807) is 0 Å². The zero-order chi connectivity index (χ0) is 21.2. The molecule has 0 aliphatic heterocycles. The normalized spacial score (nSPS) is 11.9. The van der Waals surface area contributed by atoms with Gasteiger partial charge in [0.05, 0.1) is 27.9 Å². The van der Waals surface area contributed by atoms with Crippen LogP contribution in [0.15, 0.2) is 97.3 Å². The van der Waals surface area contributed by atoms with E-state index in [0.29, 0.717) is 0 Å². The van der Waals surface area contributed by atoms with E-state index >= 15 is 0 Å². The molecule has 7 aromatic rings. The summed E-state index contributed by atoms with van der Waals surface area (Å²) in [5.74, 6) is 0. The molecule has 32 heavy (non-hydrogen) atoms. The molecule has 3 heteroatoms. The third-order valence-electron chi connectivity index (χ3n) is 6.47. The van der Waals surface area contributed by atoms with Crippen LogP contribution in [0.3, 0.4) is 0 Å². The van der Waals surface area contributed by atoms with Crippen molar-refractivity contribution < 1.29 is 0 Å². The van der Waals surface area contributed by atoms with Crippen molar-refractivity contribution in [2.24, 2.45) is 0 Å². The van der Waals surface area contributed by atoms with Gasteiger partial charge in [-0.05, 0) is 67.1 Å². The summed E-state index contributed by atoms with van der Waals surface area (Å²) in [7, 11) is 0. The molecule has 3 nitrogen and oxygen atoms in total. The van der Waals surface area contributed by atoms with Crippen LogP contribution < -0.4 is 0 Å². The summed E-state index contributed by atoms with van der Waals surface area (Å²) in [5, 5.41) is 5.05. The molecule has 4 aromatic heterocycles. The van der Waals surface area contributed by atoms with Gasteiger partial charge in [-0.25, -0.2) is 0 Å². The van der Waals surface area contributed by atoms with Gasteiger partial charge in [-0.1, -0.05) is 30.3 Å². The van der Waals surface area contributed by atoms with Crippen molar-refractivity contribution in [1.29, 1.82) is 0 Å². The van der Waals surface area contributed by atoms with E-state index in [4.69, 9.17) is 0 Å². The van der Waals surface area contributed by atoms with E-state index in [1.165, 1.54) is 43.7 Å². The summed E-state index contributed by atoms with van der Waals surface area (Å²) in [6.45, 7) is 2.16. The molecule has 0 unspecified atom stereocenters. The van der Waals surface area contributed by atoms with Crippen LogP contribution in [0, 0.1) is 6.92 Å². The van der Waals surface area contributed by atoms with Gasteiger partial charge in [0.25, 0.3) is 0 Å². The third kappa shape index (κ3) is 2.36. The smallest absolute Gasteiger partial charge is 0.0702 e. The first kappa shape index (κ1) is 17.4. The van der Waals surface area contributed by atoms with Crippen LogP contribution >= 0.6 is 0 Å². The number of rotatable bonds is 2. The maximum Gasteiger partial charge on any atom is 0.0702 e. The maximum absolute atomic E-state index is 4.63. The summed E-state index contributed by atoms with van der Waals surface area (Å²) >= 11 is 0. The molecule has 0 aliphatic carbocycles. The summed E-state index contributed by atoms with van der Waals surface area (Å²) in [6, 6.07) is 30.2. The highest BCUT2D eigenvalue weighted by Gasteiger charge is 2.19. The van der Waals surface area contributed by atoms with Crippen molar-refractivity contribution in [3.05, 3.63) is 103 Å². The Morgan fingerprint density at radius 2 is 1.25 bits per heavy atom. The highest BCUT2D eigenvalue weighted by atomic mass is 14.9. The first-order valence-corrected chi connectivity index (χ1v) is 10.8. The molecular weight excluding hydrogens is 390 g/mol. The molecule has 7 rings (SSSR count). The van der Waals surface area contributed by atoms with Crippen LogP contribution in [-0.2, 0) is 0 Å². The summed E-state index contributed by atoms with van der Waals surface area (Å²) in [5.41, 5.74) is 9.28. The van der Waals surface area contributed by atoms with Gasteiger partial charge in [0.15, 0.2) is 0 Å². The lowest BCUT2D eigenvalue weighted by Gasteiger charge is -2.05. The van der Waals surface area contributed by atoms with Crippen molar-refractivity contribution in [3.8, 4) is 22.5 Å². The van der Waals surface area contributed by atoms with Gasteiger partial charge < -0.3 is 4.40 Å². The van der Waals surface area contributed by atoms with E-state index in [0.717, 1.165) is 22.5 Å². The molecule has 0 amide bonds. The van der Waals surface area contributed by atoms with Gasteiger partial charge in [0.2, 0.25) is 0 Å². The monoisotopic (exact) mass is 409 g/mol. The number of benzene rings is 3. The third-order valence-corrected chi connectivity index (χ3v) is 6.47. The molecular formula is C29H19N3. The van der Waals surface area contributed by atoms with Crippen molar-refractivity contribution >= 4 is 38.1 Å². The fraction of sp³-hybridized carbons (Fsp3) is 0.0345. The molecule has 0 fully saturated rings. The Morgan fingerprint density at radius 3 is 1.97 bits per heavy atom. The van der Waals surface area contributed by atoms with E-state index in [-0.39, 0.29) is 0 Å². The number of hydrogen-bond acceptors (Lipinski definition) is 2. The van der Waals surface area contributed by atoms with Crippen molar-refractivity contribution in [1.82, 2.24) is 14.4 Å². The molecule has 0 N–H and O–H groups in total. The zero-order valence-electron chi connectivity index (χ0n) is 17.6. The molecule has 150 valence electrons. The topological polar surface area (TPSA) is 30.2 Å². The quantitative estimate of drug-likeness (QED) is 0.301. The van der Waals surface area contributed by atoms with Gasteiger partial charge in [0.1, 0.15) is 0 Å². The maximum atomic E-state index is 4.63. The molecule has 0 radical (unpaired) electrons. The number of nitrogens with zero attached hydrogens (tertiary/aromatic N) is 3. The van der Waals surface area contributed by atoms with Gasteiger partial charge >= 0.3 is 0 Å². The first-order valence-electron chi connectivity index (χ1n) is 10.8.